The number of carbonyl (C=O) groups is 2. The van der Waals surface area contributed by atoms with Crippen molar-refractivity contribution in [1.82, 2.24) is 0 Å². The highest BCUT2D eigenvalue weighted by Crippen LogP contribution is 2.42. The van der Waals surface area contributed by atoms with Crippen LogP contribution in [-0.2, 0) is 22.3 Å². The molecular formula is C60H79ClO13. The quantitative estimate of drug-likeness (QED) is 0.0235. The molecular weight excluding hydrogens is 964 g/mol. The first kappa shape index (κ1) is 65.1. The molecule has 4 rings (SSSR count). The third-order valence-corrected chi connectivity index (χ3v) is 11.8. The van der Waals surface area contributed by atoms with Gasteiger partial charge < -0.3 is 53.2 Å². The summed E-state index contributed by atoms with van der Waals surface area (Å²) in [6, 6.07) is 13.0. The highest BCUT2D eigenvalue weighted by Gasteiger charge is 2.26. The first-order valence-corrected chi connectivity index (χ1v) is 23.4. The molecule has 0 aliphatic rings. The largest absolute Gasteiger partial charge is 0.508 e. The lowest BCUT2D eigenvalue weighted by atomic mass is 9.86. The van der Waals surface area contributed by atoms with Crippen molar-refractivity contribution >= 4 is 36.1 Å². The summed E-state index contributed by atoms with van der Waals surface area (Å²) in [5.41, 5.74) is 8.13. The predicted octanol–water partition coefficient (Wildman–Crippen LogP) is 13.8. The first-order chi connectivity index (χ1) is 34.2. The highest BCUT2D eigenvalue weighted by molar-refractivity contribution is 6.11. The third kappa shape index (κ3) is 18.8. The average molecular weight is 1040 g/mol. The van der Waals surface area contributed by atoms with Gasteiger partial charge >= 0.3 is 0 Å². The van der Waals surface area contributed by atoms with Crippen molar-refractivity contribution in [2.75, 3.05) is 56.2 Å². The Morgan fingerprint density at radius 2 is 1.04 bits per heavy atom. The number of rotatable bonds is 26. The predicted molar refractivity (Wildman–Crippen MR) is 300 cm³/mol. The number of carbonyl (C=O) groups excluding carboxylic acids is 2. The van der Waals surface area contributed by atoms with Crippen molar-refractivity contribution in [1.29, 1.82) is 0 Å². The number of hydrogen-bond acceptors (Lipinski definition) is 13. The second-order valence-electron chi connectivity index (χ2n) is 17.7. The minimum atomic E-state index is -0.503. The number of ketones is 2. The van der Waals surface area contributed by atoms with E-state index >= 15 is 0 Å². The zero-order valence-corrected chi connectivity index (χ0v) is 45.5. The number of allylic oxidation sites excluding steroid dienone is 8. The van der Waals surface area contributed by atoms with Gasteiger partial charge in [-0.25, -0.2) is 0 Å². The van der Waals surface area contributed by atoms with E-state index in [1.54, 1.807) is 58.8 Å². The summed E-state index contributed by atoms with van der Waals surface area (Å²) in [6.07, 6.45) is 12.9. The minimum Gasteiger partial charge on any atom is -0.508 e. The number of hydrogen-bond donors (Lipinski definition) is 3. The standard InChI is InChI=1S/C32H42O7.C27H32O6.CH4.ClH/c1-21(2)10-11-25(22(3)4)16-27-23(5)32(31(37-9)18-30(27)39-20-35-7)28(33)15-13-24-12-14-26(38-19-34-6)17-29(24)36-8;1-16(2)7-8-19(17(3)4)13-21-23(30)15-25(33-6)26(27(21)31)22(29)12-10-18-9-11-20(28)14-24(18)32-5;;/h10,12-15,17-18,25H,3,11,16,19-20H2,1-2,4-9H3;7,9-12,14-15,19,28,30-31H,3,8,13H2,1-2,4-6H3;1H4;1H/b15-13+;12-10+;;. The Kier molecular flexibility index (Phi) is 28.4. The van der Waals surface area contributed by atoms with Crippen molar-refractivity contribution in [2.45, 2.75) is 81.6 Å². The number of halogens is 1. The molecule has 0 heterocycles. The zero-order valence-electron chi connectivity index (χ0n) is 44.7. The lowest BCUT2D eigenvalue weighted by Gasteiger charge is -2.23. The molecule has 0 aliphatic carbocycles. The van der Waals surface area contributed by atoms with Gasteiger partial charge in [-0.05, 0) is 146 Å². The van der Waals surface area contributed by atoms with Crippen LogP contribution in [-0.4, -0.2) is 83.1 Å². The van der Waals surface area contributed by atoms with E-state index in [9.17, 15) is 24.9 Å². The minimum absolute atomic E-state index is 0. The maximum absolute atomic E-state index is 13.6. The van der Waals surface area contributed by atoms with Gasteiger partial charge in [0.25, 0.3) is 0 Å². The second-order valence-corrected chi connectivity index (χ2v) is 17.7. The molecule has 13 nitrogen and oxygen atoms in total. The number of aromatic hydroxyl groups is 3. The number of ether oxygens (including phenoxy) is 8. The van der Waals surface area contributed by atoms with Gasteiger partial charge in [0, 0.05) is 55.2 Å². The molecule has 2 unspecified atom stereocenters. The van der Waals surface area contributed by atoms with Gasteiger partial charge in [-0.1, -0.05) is 55.0 Å². The fourth-order valence-corrected chi connectivity index (χ4v) is 7.59. The topological polar surface area (TPSA) is 169 Å². The van der Waals surface area contributed by atoms with E-state index in [2.05, 4.69) is 39.2 Å². The van der Waals surface area contributed by atoms with Gasteiger partial charge in [-0.3, -0.25) is 9.59 Å². The molecule has 0 radical (unpaired) electrons. The summed E-state index contributed by atoms with van der Waals surface area (Å²) in [6.45, 7) is 22.5. The molecule has 0 fully saturated rings. The Labute approximate surface area is 445 Å². The number of methoxy groups -OCH3 is 6. The van der Waals surface area contributed by atoms with Crippen LogP contribution in [0.3, 0.4) is 0 Å². The van der Waals surface area contributed by atoms with E-state index in [-0.39, 0.29) is 85.2 Å². The lowest BCUT2D eigenvalue weighted by Crippen LogP contribution is -2.13. The molecule has 4 aromatic carbocycles. The second kappa shape index (κ2) is 32.3. The summed E-state index contributed by atoms with van der Waals surface area (Å²) in [7, 11) is 9.07. The molecule has 0 aromatic heterocycles. The van der Waals surface area contributed by atoms with Gasteiger partial charge in [-0.2, -0.15) is 0 Å². The monoisotopic (exact) mass is 1040 g/mol. The molecule has 4 aromatic rings. The van der Waals surface area contributed by atoms with Gasteiger partial charge in [0.1, 0.15) is 57.3 Å². The van der Waals surface area contributed by atoms with Crippen molar-refractivity contribution in [3.63, 3.8) is 0 Å². The van der Waals surface area contributed by atoms with Gasteiger partial charge in [-0.15, -0.1) is 12.4 Å². The Hall–Kier alpha value is -6.93. The molecule has 3 N–H and O–H groups in total. The van der Waals surface area contributed by atoms with Crippen molar-refractivity contribution in [3.8, 4) is 51.7 Å². The van der Waals surface area contributed by atoms with Crippen molar-refractivity contribution < 1.29 is 62.8 Å². The molecule has 0 saturated carbocycles. The molecule has 74 heavy (non-hydrogen) atoms. The Morgan fingerprint density at radius 3 is 1.53 bits per heavy atom. The van der Waals surface area contributed by atoms with E-state index in [1.165, 1.54) is 56.2 Å². The normalized spacial score (nSPS) is 11.4. The molecule has 0 spiro atoms. The molecule has 0 amide bonds. The van der Waals surface area contributed by atoms with Gasteiger partial charge in [0.2, 0.25) is 0 Å². The van der Waals surface area contributed by atoms with Crippen LogP contribution in [0.25, 0.3) is 12.2 Å². The van der Waals surface area contributed by atoms with Crippen LogP contribution in [0.1, 0.15) is 110 Å². The van der Waals surface area contributed by atoms with E-state index in [4.69, 9.17) is 37.9 Å². The molecule has 0 bridgehead atoms. The van der Waals surface area contributed by atoms with Crippen molar-refractivity contribution in [3.05, 3.63) is 147 Å². The van der Waals surface area contributed by atoms with Crippen LogP contribution in [0.15, 0.2) is 108 Å². The fourth-order valence-electron chi connectivity index (χ4n) is 7.59. The number of benzene rings is 4. The fraction of sp³-hybridized carbons (Fsp3) is 0.367. The molecule has 0 saturated heterocycles. The summed E-state index contributed by atoms with van der Waals surface area (Å²) in [5, 5.41) is 31.2. The molecule has 14 heteroatoms. The Bertz CT molecular complexity index is 2650. The van der Waals surface area contributed by atoms with Crippen LogP contribution in [0, 0.1) is 18.8 Å². The number of phenols is 3. The molecule has 404 valence electrons. The smallest absolute Gasteiger partial charge is 0.193 e. The van der Waals surface area contributed by atoms with E-state index in [1.807, 2.05) is 40.7 Å². The SMILES string of the molecule is C.C=C(C)C(CC=C(C)C)Cc1c(O)cc(OC)c(C(=O)/C=C/c2ccc(O)cc2OC)c1O.C=C(C)C(CC=C(C)C)Cc1c(OCOC)cc(OC)c(C(=O)/C=C/c2ccc(OCOC)cc2OC)c1C.Cl. The average Bonchev–Trinajstić information content (AvgIpc) is 3.34. The van der Waals surface area contributed by atoms with Crippen LogP contribution in [0.2, 0.25) is 0 Å². The van der Waals surface area contributed by atoms with Crippen LogP contribution >= 0.6 is 12.4 Å². The maximum Gasteiger partial charge on any atom is 0.193 e. The maximum atomic E-state index is 13.6. The first-order valence-electron chi connectivity index (χ1n) is 23.4. The van der Waals surface area contributed by atoms with E-state index in [0.717, 1.165) is 39.8 Å². The summed E-state index contributed by atoms with van der Waals surface area (Å²) in [5.74, 6) is 1.74. The van der Waals surface area contributed by atoms with E-state index in [0.29, 0.717) is 59.1 Å². The third-order valence-electron chi connectivity index (χ3n) is 11.8. The Morgan fingerprint density at radius 1 is 0.581 bits per heavy atom. The summed E-state index contributed by atoms with van der Waals surface area (Å²) < 4.78 is 43.2. The highest BCUT2D eigenvalue weighted by atomic mass is 35.5. The van der Waals surface area contributed by atoms with Crippen LogP contribution in [0.5, 0.6) is 51.7 Å². The molecule has 0 aliphatic heterocycles. The van der Waals surface area contributed by atoms with Crippen LogP contribution in [0.4, 0.5) is 0 Å². The van der Waals surface area contributed by atoms with Crippen molar-refractivity contribution in [2.24, 2.45) is 11.8 Å². The summed E-state index contributed by atoms with van der Waals surface area (Å²) in [4.78, 5) is 26.7. The van der Waals surface area contributed by atoms with E-state index < -0.39 is 5.78 Å². The van der Waals surface area contributed by atoms with Gasteiger partial charge in [0.05, 0.1) is 34.0 Å². The summed E-state index contributed by atoms with van der Waals surface area (Å²) >= 11 is 0. The number of phenolic OH excluding ortho intramolecular Hbond substituents is 3. The Balaban J connectivity index is 0.000000730. The van der Waals surface area contributed by atoms with Gasteiger partial charge in [0.15, 0.2) is 25.2 Å². The lowest BCUT2D eigenvalue weighted by molar-refractivity contribution is 0.0501. The van der Waals surface area contributed by atoms with Crippen LogP contribution < -0.4 is 28.4 Å². The molecule has 2 atom stereocenters. The zero-order chi connectivity index (χ0) is 53.7.